The fraction of sp³-hybridized carbons (Fsp3) is 1.00. The van der Waals surface area contributed by atoms with Gasteiger partial charge in [0.05, 0.1) is 19.0 Å². The van der Waals surface area contributed by atoms with E-state index in [-0.39, 0.29) is 29.9 Å². The van der Waals surface area contributed by atoms with Gasteiger partial charge in [-0.15, -0.1) is 0 Å². The molecule has 0 aliphatic carbocycles. The zero-order valence-corrected chi connectivity index (χ0v) is 20.8. The molecular formula is C14H34O4S3Si2. The fourth-order valence-electron chi connectivity index (χ4n) is 2.49. The second-order valence-corrected chi connectivity index (χ2v) is 15.0. The van der Waals surface area contributed by atoms with Crippen LogP contribution in [0, 0.1) is 0 Å². The molecule has 23 heavy (non-hydrogen) atoms. The van der Waals surface area contributed by atoms with E-state index in [9.17, 15) is 0 Å². The lowest BCUT2D eigenvalue weighted by atomic mass is 10.4. The molecule has 0 bridgehead atoms. The highest BCUT2D eigenvalue weighted by molar-refractivity contribution is 9.09. The van der Waals surface area contributed by atoms with Crippen LogP contribution in [-0.4, -0.2) is 69.8 Å². The standard InChI is InChI=1S/C14H34O4S3Si2/c1-7-22-13(15-3,16-4)9-11-19-21-20-12-10-14(17-5,18-6)23-8-2/h7-12,22-23H2,1-6H3. The molecule has 0 heterocycles. The molecule has 0 N–H and O–H groups in total. The van der Waals surface area contributed by atoms with E-state index in [1.54, 1.807) is 28.4 Å². The highest BCUT2D eigenvalue weighted by Crippen LogP contribution is 2.37. The molecule has 0 atom stereocenters. The molecule has 0 unspecified atom stereocenters. The van der Waals surface area contributed by atoms with Gasteiger partial charge in [-0.1, -0.05) is 47.5 Å². The molecule has 0 amide bonds. The van der Waals surface area contributed by atoms with Crippen molar-refractivity contribution in [2.45, 2.75) is 49.6 Å². The van der Waals surface area contributed by atoms with Gasteiger partial charge in [0, 0.05) is 52.8 Å². The lowest BCUT2D eigenvalue weighted by Gasteiger charge is -2.31. The maximum atomic E-state index is 5.64. The average Bonchev–Trinajstić information content (AvgIpc) is 2.59. The summed E-state index contributed by atoms with van der Waals surface area (Å²) < 4.78 is 22.6. The van der Waals surface area contributed by atoms with E-state index in [2.05, 4.69) is 13.8 Å². The summed E-state index contributed by atoms with van der Waals surface area (Å²) in [7, 11) is 12.0. The van der Waals surface area contributed by atoms with Crippen LogP contribution in [0.5, 0.6) is 0 Å². The van der Waals surface area contributed by atoms with Crippen molar-refractivity contribution >= 4 is 50.5 Å². The summed E-state index contributed by atoms with van der Waals surface area (Å²) in [6.07, 6.45) is 1.95. The average molecular weight is 419 g/mol. The van der Waals surface area contributed by atoms with Gasteiger partial charge < -0.3 is 18.9 Å². The third-order valence-corrected chi connectivity index (χ3v) is 12.6. The number of hydrogen-bond acceptors (Lipinski definition) is 7. The van der Waals surface area contributed by atoms with E-state index in [0.29, 0.717) is 0 Å². The van der Waals surface area contributed by atoms with Crippen molar-refractivity contribution in [3.8, 4) is 0 Å². The molecule has 0 saturated heterocycles. The Morgan fingerprint density at radius 3 is 1.30 bits per heavy atom. The molecule has 4 nitrogen and oxygen atoms in total. The van der Waals surface area contributed by atoms with Crippen LogP contribution >= 0.6 is 31.4 Å². The lowest BCUT2D eigenvalue weighted by molar-refractivity contribution is -0.145. The Kier molecular flexibility index (Phi) is 15.3. The fourth-order valence-corrected chi connectivity index (χ4v) is 10.1. The highest BCUT2D eigenvalue weighted by Gasteiger charge is 2.29. The first kappa shape index (κ1) is 24.3. The van der Waals surface area contributed by atoms with Gasteiger partial charge in [-0.3, -0.25) is 0 Å². The Hall–Kier alpha value is 1.32. The molecule has 0 radical (unpaired) electrons. The Morgan fingerprint density at radius 1 is 0.696 bits per heavy atom. The van der Waals surface area contributed by atoms with Crippen LogP contribution in [0.2, 0.25) is 12.1 Å². The summed E-state index contributed by atoms with van der Waals surface area (Å²) >= 11 is 0. The van der Waals surface area contributed by atoms with Gasteiger partial charge in [-0.2, -0.15) is 0 Å². The minimum atomic E-state index is -0.348. The van der Waals surface area contributed by atoms with Gasteiger partial charge in [-0.25, -0.2) is 0 Å². The van der Waals surface area contributed by atoms with Crippen LogP contribution < -0.4 is 0 Å². The molecule has 140 valence electrons. The molecule has 0 spiro atoms. The molecule has 0 rings (SSSR count). The molecule has 0 aliphatic heterocycles. The van der Waals surface area contributed by atoms with E-state index in [4.69, 9.17) is 18.9 Å². The predicted octanol–water partition coefficient (Wildman–Crippen LogP) is 2.90. The van der Waals surface area contributed by atoms with Gasteiger partial charge in [0.1, 0.15) is 10.8 Å². The quantitative estimate of drug-likeness (QED) is 0.165. The molecule has 9 heteroatoms. The second kappa shape index (κ2) is 14.5. The largest absolute Gasteiger partial charge is 0.358 e. The summed E-state index contributed by atoms with van der Waals surface area (Å²) in [5.41, 5.74) is -0.554. The van der Waals surface area contributed by atoms with Gasteiger partial charge in [0.2, 0.25) is 0 Å². The number of hydrogen-bond donors (Lipinski definition) is 0. The minimum absolute atomic E-state index is 0.277. The lowest BCUT2D eigenvalue weighted by Crippen LogP contribution is -2.40. The Morgan fingerprint density at radius 2 is 1.04 bits per heavy atom. The number of methoxy groups -OCH3 is 4. The maximum absolute atomic E-state index is 5.64. The zero-order chi connectivity index (χ0) is 17.6. The Labute approximate surface area is 158 Å². The Balaban J connectivity index is 3.92. The minimum Gasteiger partial charge on any atom is -0.358 e. The summed E-state index contributed by atoms with van der Waals surface area (Å²) in [5.74, 6) is 2.10. The molecule has 0 aliphatic rings. The number of ether oxygens (including phenoxy) is 4. The van der Waals surface area contributed by atoms with Gasteiger partial charge in [0.15, 0.2) is 0 Å². The van der Waals surface area contributed by atoms with Gasteiger partial charge >= 0.3 is 0 Å². The normalized spacial score (nSPS) is 13.8. The second-order valence-electron chi connectivity index (χ2n) is 5.35. The smallest absolute Gasteiger partial charge is 0.145 e. The zero-order valence-electron chi connectivity index (χ0n) is 15.5. The molecular weight excluding hydrogens is 385 g/mol. The van der Waals surface area contributed by atoms with E-state index in [1.165, 1.54) is 12.1 Å². The van der Waals surface area contributed by atoms with E-state index in [0.717, 1.165) is 24.3 Å². The van der Waals surface area contributed by atoms with E-state index < -0.39 is 0 Å². The summed E-state index contributed by atoms with van der Waals surface area (Å²) in [6.45, 7) is 4.43. The topological polar surface area (TPSA) is 36.9 Å². The molecule has 0 aromatic heterocycles. The molecule has 0 saturated carbocycles. The molecule has 0 aromatic carbocycles. The summed E-state index contributed by atoms with van der Waals surface area (Å²) in [4.78, 5) is 0. The first-order valence-electron chi connectivity index (χ1n) is 8.19. The highest BCUT2D eigenvalue weighted by atomic mass is 33.5. The van der Waals surface area contributed by atoms with Crippen molar-refractivity contribution in [1.29, 1.82) is 0 Å². The van der Waals surface area contributed by atoms with E-state index in [1.807, 2.05) is 31.4 Å². The van der Waals surface area contributed by atoms with E-state index >= 15 is 0 Å². The Bertz CT molecular complexity index is 255. The van der Waals surface area contributed by atoms with Gasteiger partial charge in [-0.05, 0) is 9.83 Å². The van der Waals surface area contributed by atoms with Crippen LogP contribution in [0.3, 0.4) is 0 Å². The van der Waals surface area contributed by atoms with Crippen molar-refractivity contribution in [1.82, 2.24) is 0 Å². The first-order valence-corrected chi connectivity index (χ1v) is 15.4. The van der Waals surface area contributed by atoms with Crippen molar-refractivity contribution in [2.24, 2.45) is 0 Å². The van der Waals surface area contributed by atoms with Crippen molar-refractivity contribution in [3.05, 3.63) is 0 Å². The maximum Gasteiger partial charge on any atom is 0.145 e. The van der Waals surface area contributed by atoms with Gasteiger partial charge in [0.25, 0.3) is 0 Å². The third kappa shape index (κ3) is 9.55. The van der Waals surface area contributed by atoms with Crippen LogP contribution in [0.4, 0.5) is 0 Å². The van der Waals surface area contributed by atoms with Crippen LogP contribution in [0.15, 0.2) is 0 Å². The predicted molar refractivity (Wildman–Crippen MR) is 113 cm³/mol. The third-order valence-electron chi connectivity index (χ3n) is 3.98. The number of rotatable bonds is 16. The van der Waals surface area contributed by atoms with Crippen molar-refractivity contribution in [3.63, 3.8) is 0 Å². The summed E-state index contributed by atoms with van der Waals surface area (Å²) in [6, 6.07) is 2.40. The SMILES string of the molecule is CC[SiH2]C(CCSSSCCC(OC)(OC)[SiH2]CC)(OC)OC. The molecule has 0 fully saturated rings. The summed E-state index contributed by atoms with van der Waals surface area (Å²) in [5, 5.41) is 0. The van der Waals surface area contributed by atoms with Crippen LogP contribution in [-0.2, 0) is 18.9 Å². The van der Waals surface area contributed by atoms with Crippen molar-refractivity contribution in [2.75, 3.05) is 39.9 Å². The van der Waals surface area contributed by atoms with Crippen LogP contribution in [0.1, 0.15) is 26.7 Å². The van der Waals surface area contributed by atoms with Crippen molar-refractivity contribution < 1.29 is 18.9 Å². The monoisotopic (exact) mass is 418 g/mol. The van der Waals surface area contributed by atoms with Crippen LogP contribution in [0.25, 0.3) is 0 Å². The first-order chi connectivity index (χ1) is 11.1. The molecule has 0 aromatic rings.